The van der Waals surface area contributed by atoms with Gasteiger partial charge in [-0.2, -0.15) is 0 Å². The van der Waals surface area contributed by atoms with Crippen molar-refractivity contribution in [1.29, 1.82) is 0 Å². The van der Waals surface area contributed by atoms with Gasteiger partial charge in [-0.15, -0.1) is 0 Å². The van der Waals surface area contributed by atoms with Crippen molar-refractivity contribution in [3.8, 4) is 0 Å². The molecule has 0 aliphatic heterocycles. The summed E-state index contributed by atoms with van der Waals surface area (Å²) in [5.74, 6) is -0.0568. The molecule has 0 fully saturated rings. The summed E-state index contributed by atoms with van der Waals surface area (Å²) in [6.45, 7) is 9.58. The van der Waals surface area contributed by atoms with E-state index in [9.17, 15) is 9.59 Å². The molecule has 19 heavy (non-hydrogen) atoms. The van der Waals surface area contributed by atoms with Crippen molar-refractivity contribution in [3.05, 3.63) is 11.6 Å². The average Bonchev–Trinajstić information content (AvgIpc) is 2.25. The van der Waals surface area contributed by atoms with E-state index in [0.717, 1.165) is 24.8 Å². The molecule has 0 aromatic heterocycles. The molecule has 0 aliphatic carbocycles. The van der Waals surface area contributed by atoms with Crippen molar-refractivity contribution in [2.75, 3.05) is 13.6 Å². The Morgan fingerprint density at radius 3 is 2.21 bits per heavy atom. The maximum absolute atomic E-state index is 11.8. The number of carbonyl (C=O) groups is 2. The van der Waals surface area contributed by atoms with Crippen LogP contribution in [-0.4, -0.2) is 36.0 Å². The van der Waals surface area contributed by atoms with Gasteiger partial charge in [0.15, 0.2) is 5.78 Å². The van der Waals surface area contributed by atoms with E-state index in [-0.39, 0.29) is 12.3 Å². The number of nitrogens with zero attached hydrogens (tertiary/aromatic N) is 1. The van der Waals surface area contributed by atoms with Crippen LogP contribution in [-0.2, 0) is 9.53 Å². The van der Waals surface area contributed by atoms with Crippen molar-refractivity contribution < 1.29 is 14.3 Å². The molecule has 0 bridgehead atoms. The summed E-state index contributed by atoms with van der Waals surface area (Å²) in [6.07, 6.45) is 4.01. The van der Waals surface area contributed by atoms with Crippen molar-refractivity contribution in [1.82, 2.24) is 4.90 Å². The minimum atomic E-state index is -0.541. The first-order valence-electron chi connectivity index (χ1n) is 6.86. The molecule has 0 radical (unpaired) electrons. The Kier molecular flexibility index (Phi) is 7.42. The molecule has 0 saturated heterocycles. The number of ether oxygens (including phenoxy) is 1. The summed E-state index contributed by atoms with van der Waals surface area (Å²) in [4.78, 5) is 24.9. The largest absolute Gasteiger partial charge is 0.444 e. The number of hydrogen-bond acceptors (Lipinski definition) is 3. The van der Waals surface area contributed by atoms with Crippen molar-refractivity contribution >= 4 is 11.9 Å². The zero-order valence-corrected chi connectivity index (χ0v) is 13.1. The number of likely N-dealkylation sites (N-methyl/N-ethyl adjacent to an activating group) is 1. The third-order valence-corrected chi connectivity index (χ3v) is 2.49. The fourth-order valence-electron chi connectivity index (χ4n) is 1.58. The fourth-order valence-corrected chi connectivity index (χ4v) is 1.58. The molecule has 4 heteroatoms. The first-order valence-corrected chi connectivity index (χ1v) is 6.86. The maximum Gasteiger partial charge on any atom is 0.410 e. The van der Waals surface area contributed by atoms with E-state index in [4.69, 9.17) is 4.74 Å². The lowest BCUT2D eigenvalue weighted by molar-refractivity contribution is -0.115. The van der Waals surface area contributed by atoms with E-state index >= 15 is 0 Å². The molecule has 4 nitrogen and oxygen atoms in total. The fraction of sp³-hybridized carbons (Fsp3) is 0.733. The van der Waals surface area contributed by atoms with Gasteiger partial charge < -0.3 is 9.64 Å². The van der Waals surface area contributed by atoms with Crippen molar-refractivity contribution in [3.63, 3.8) is 0 Å². The van der Waals surface area contributed by atoms with Crippen molar-refractivity contribution in [2.45, 2.75) is 59.5 Å². The molecule has 1 amide bonds. The highest BCUT2D eigenvalue weighted by atomic mass is 16.6. The van der Waals surface area contributed by atoms with Crippen LogP contribution in [0.2, 0.25) is 0 Å². The van der Waals surface area contributed by atoms with E-state index in [1.54, 1.807) is 33.9 Å². The lowest BCUT2D eigenvalue weighted by atomic mass is 10.1. The Morgan fingerprint density at radius 2 is 1.79 bits per heavy atom. The molecular weight excluding hydrogens is 242 g/mol. The topological polar surface area (TPSA) is 46.6 Å². The molecule has 0 aromatic rings. The second-order valence-corrected chi connectivity index (χ2v) is 5.71. The van der Waals surface area contributed by atoms with E-state index in [2.05, 4.69) is 6.92 Å². The van der Waals surface area contributed by atoms with Crippen LogP contribution in [0.25, 0.3) is 0 Å². The van der Waals surface area contributed by atoms with Gasteiger partial charge in [0.25, 0.3) is 0 Å². The highest BCUT2D eigenvalue weighted by Gasteiger charge is 2.20. The van der Waals surface area contributed by atoms with Crippen LogP contribution in [0.15, 0.2) is 11.6 Å². The number of carbonyl (C=O) groups excluding carboxylic acids is 2. The number of ketones is 1. The molecule has 0 heterocycles. The third-order valence-electron chi connectivity index (χ3n) is 2.49. The Labute approximate surface area is 116 Å². The van der Waals surface area contributed by atoms with E-state index in [0.29, 0.717) is 0 Å². The first kappa shape index (κ1) is 17.7. The molecule has 0 atom stereocenters. The number of allylic oxidation sites excluding steroid dienone is 1. The standard InChI is InChI=1S/C15H27NO3/c1-7-9-12(8-2)10-13(17)11-16(6)14(18)19-15(3,4)5/h10H,7-9,11H2,1-6H3/b12-10+. The second-order valence-electron chi connectivity index (χ2n) is 5.71. The predicted octanol–water partition coefficient (Wildman–Crippen LogP) is 3.56. The van der Waals surface area contributed by atoms with Gasteiger partial charge >= 0.3 is 6.09 Å². The summed E-state index contributed by atoms with van der Waals surface area (Å²) in [5, 5.41) is 0. The molecule has 110 valence electrons. The van der Waals surface area contributed by atoms with Crippen molar-refractivity contribution in [2.24, 2.45) is 0 Å². The van der Waals surface area contributed by atoms with Crippen LogP contribution in [0.1, 0.15) is 53.9 Å². The number of amides is 1. The highest BCUT2D eigenvalue weighted by molar-refractivity contribution is 5.93. The quantitative estimate of drug-likeness (QED) is 0.693. The maximum atomic E-state index is 11.8. The van der Waals surface area contributed by atoms with Crippen LogP contribution in [0.3, 0.4) is 0 Å². The lowest BCUT2D eigenvalue weighted by Crippen LogP contribution is -2.36. The second kappa shape index (κ2) is 7.97. The Balaban J connectivity index is 4.44. The molecule has 0 aliphatic rings. The van der Waals surface area contributed by atoms with Gasteiger partial charge in [0.1, 0.15) is 5.60 Å². The van der Waals surface area contributed by atoms with Gasteiger partial charge in [-0.05, 0) is 39.7 Å². The van der Waals surface area contributed by atoms with Crippen LogP contribution in [0, 0.1) is 0 Å². The molecule has 0 aromatic carbocycles. The van der Waals surface area contributed by atoms with Gasteiger partial charge in [-0.3, -0.25) is 4.79 Å². The smallest absolute Gasteiger partial charge is 0.410 e. The summed E-state index contributed by atoms with van der Waals surface area (Å²) in [5.41, 5.74) is 0.589. The van der Waals surface area contributed by atoms with E-state index in [1.807, 2.05) is 6.92 Å². The third kappa shape index (κ3) is 8.41. The number of rotatable bonds is 6. The number of hydrogen-bond donors (Lipinski definition) is 0. The highest BCUT2D eigenvalue weighted by Crippen LogP contribution is 2.11. The van der Waals surface area contributed by atoms with Gasteiger partial charge in [-0.1, -0.05) is 25.8 Å². The first-order chi connectivity index (χ1) is 8.69. The Morgan fingerprint density at radius 1 is 1.21 bits per heavy atom. The van der Waals surface area contributed by atoms with E-state index in [1.165, 1.54) is 4.90 Å². The molecule has 0 rings (SSSR count). The SMILES string of the molecule is CCC/C(=C/C(=O)CN(C)C(=O)OC(C)(C)C)CC. The van der Waals surface area contributed by atoms with Gasteiger partial charge in [0, 0.05) is 7.05 Å². The molecule has 0 N–H and O–H groups in total. The minimum Gasteiger partial charge on any atom is -0.444 e. The van der Waals surface area contributed by atoms with Crippen LogP contribution in [0.4, 0.5) is 4.79 Å². The van der Waals surface area contributed by atoms with Crippen LogP contribution >= 0.6 is 0 Å². The van der Waals surface area contributed by atoms with E-state index < -0.39 is 11.7 Å². The summed E-state index contributed by atoms with van der Waals surface area (Å²) in [7, 11) is 1.57. The zero-order valence-electron chi connectivity index (χ0n) is 13.1. The van der Waals surface area contributed by atoms with Gasteiger partial charge in [0.05, 0.1) is 6.54 Å². The van der Waals surface area contributed by atoms with Gasteiger partial charge in [0.2, 0.25) is 0 Å². The molecule has 0 unspecified atom stereocenters. The molecular formula is C15H27NO3. The predicted molar refractivity (Wildman–Crippen MR) is 77.2 cm³/mol. The summed E-state index contributed by atoms with van der Waals surface area (Å²) >= 11 is 0. The zero-order chi connectivity index (χ0) is 15.1. The molecule has 0 spiro atoms. The monoisotopic (exact) mass is 269 g/mol. The molecule has 0 saturated carbocycles. The average molecular weight is 269 g/mol. The normalized spacial score (nSPS) is 12.2. The summed E-state index contributed by atoms with van der Waals surface area (Å²) < 4.78 is 5.19. The minimum absolute atomic E-state index is 0.0568. The Hall–Kier alpha value is -1.32. The lowest BCUT2D eigenvalue weighted by Gasteiger charge is -2.24. The van der Waals surface area contributed by atoms with Crippen LogP contribution in [0.5, 0.6) is 0 Å². The van der Waals surface area contributed by atoms with Gasteiger partial charge in [-0.25, -0.2) is 4.79 Å². The Bertz CT molecular complexity index is 340. The van der Waals surface area contributed by atoms with Crippen LogP contribution < -0.4 is 0 Å². The summed E-state index contributed by atoms with van der Waals surface area (Å²) in [6, 6.07) is 0.